The third-order valence-corrected chi connectivity index (χ3v) is 3.68. The van der Waals surface area contributed by atoms with Crippen molar-refractivity contribution < 1.29 is 51.7 Å². The molecule has 1 radical (unpaired) electrons. The molecule has 0 aliphatic carbocycles. The first kappa shape index (κ1) is 23.2. The van der Waals surface area contributed by atoms with Crippen molar-refractivity contribution in [2.75, 3.05) is 14.2 Å². The summed E-state index contributed by atoms with van der Waals surface area (Å²) >= 11 is 0. The maximum atomic E-state index is 11.9. The van der Waals surface area contributed by atoms with E-state index in [9.17, 15) is 19.8 Å². The Bertz CT molecular complexity index is 828. The van der Waals surface area contributed by atoms with Gasteiger partial charge in [0, 0.05) is 22.4 Å². The minimum Gasteiger partial charge on any atom is -0.504 e. The fourth-order valence-corrected chi connectivity index (χ4v) is 2.26. The molecule has 28 heavy (non-hydrogen) atoms. The molecule has 0 aliphatic rings. The van der Waals surface area contributed by atoms with Crippen molar-refractivity contribution >= 4 is 23.7 Å². The molecule has 2 N–H and O–H groups in total. The van der Waals surface area contributed by atoms with Gasteiger partial charge in [-0.05, 0) is 47.5 Å². The Morgan fingerprint density at radius 1 is 0.821 bits per heavy atom. The molecule has 2 aromatic carbocycles. The number of hydrogen-bond acceptors (Lipinski definition) is 6. The fourth-order valence-electron chi connectivity index (χ4n) is 2.26. The summed E-state index contributed by atoms with van der Waals surface area (Å²) < 4.78 is 10.00. The number of ketones is 2. The molecular formula is C21H20AgO6. The van der Waals surface area contributed by atoms with Crippen LogP contribution in [-0.4, -0.2) is 36.0 Å². The zero-order valence-corrected chi connectivity index (χ0v) is 16.8. The van der Waals surface area contributed by atoms with Crippen molar-refractivity contribution in [3.63, 3.8) is 0 Å². The molecule has 0 spiro atoms. The van der Waals surface area contributed by atoms with Gasteiger partial charge in [0.1, 0.15) is 0 Å². The molecule has 0 atom stereocenters. The average molecular weight is 476 g/mol. The summed E-state index contributed by atoms with van der Waals surface area (Å²) in [6.45, 7) is 0. The molecule has 0 amide bonds. The van der Waals surface area contributed by atoms with Crippen molar-refractivity contribution in [3.05, 3.63) is 59.7 Å². The van der Waals surface area contributed by atoms with Gasteiger partial charge in [0.25, 0.3) is 0 Å². The predicted octanol–water partition coefficient (Wildman–Crippen LogP) is 3.37. The molecule has 0 saturated carbocycles. The zero-order chi connectivity index (χ0) is 19.8. The number of aromatic hydroxyl groups is 2. The summed E-state index contributed by atoms with van der Waals surface area (Å²) in [6, 6.07) is 9.34. The summed E-state index contributed by atoms with van der Waals surface area (Å²) in [6.07, 6.45) is 5.44. The molecule has 0 aliphatic heterocycles. The van der Waals surface area contributed by atoms with Crippen LogP contribution in [0.4, 0.5) is 0 Å². The van der Waals surface area contributed by atoms with E-state index in [1.165, 1.54) is 38.5 Å². The zero-order valence-electron chi connectivity index (χ0n) is 15.3. The molecule has 0 fully saturated rings. The van der Waals surface area contributed by atoms with Crippen molar-refractivity contribution in [1.29, 1.82) is 0 Å². The molecule has 0 bridgehead atoms. The average Bonchev–Trinajstić information content (AvgIpc) is 2.66. The number of rotatable bonds is 8. The second-order valence-corrected chi connectivity index (χ2v) is 5.64. The van der Waals surface area contributed by atoms with Crippen LogP contribution in [0.2, 0.25) is 0 Å². The standard InChI is InChI=1S/C21H20O6.Ag/c1-26-20-11-14(5-9-18(20)24)3-7-16(22)13-17(23)8-4-15-6-10-19(25)21(12-15)27-2;/h3-12,24-25H,13H2,1-2H3;/b7-3+,8-4+;. The van der Waals surface area contributed by atoms with Crippen LogP contribution in [0.1, 0.15) is 17.5 Å². The van der Waals surface area contributed by atoms with Gasteiger partial charge in [0.2, 0.25) is 0 Å². The number of ether oxygens (including phenoxy) is 2. The number of methoxy groups -OCH3 is 2. The summed E-state index contributed by atoms with van der Waals surface area (Å²) in [7, 11) is 2.87. The number of carbonyl (C=O) groups excluding carboxylic acids is 2. The Balaban J connectivity index is 0.00000392. The van der Waals surface area contributed by atoms with E-state index in [0.29, 0.717) is 22.6 Å². The van der Waals surface area contributed by atoms with Crippen molar-refractivity contribution in [2.24, 2.45) is 0 Å². The third kappa shape index (κ3) is 6.74. The quantitative estimate of drug-likeness (QED) is 0.345. The summed E-state index contributed by atoms with van der Waals surface area (Å²) in [5, 5.41) is 19.1. The molecule has 2 aromatic rings. The van der Waals surface area contributed by atoms with Gasteiger partial charge in [0.15, 0.2) is 34.6 Å². The summed E-state index contributed by atoms with van der Waals surface area (Å²) in [4.78, 5) is 23.9. The molecule has 7 heteroatoms. The normalized spacial score (nSPS) is 10.6. The van der Waals surface area contributed by atoms with Gasteiger partial charge in [-0.2, -0.15) is 0 Å². The van der Waals surface area contributed by atoms with Crippen LogP contribution in [0.25, 0.3) is 12.2 Å². The number of benzene rings is 2. The van der Waals surface area contributed by atoms with Gasteiger partial charge in [-0.1, -0.05) is 24.3 Å². The van der Waals surface area contributed by atoms with Crippen LogP contribution >= 0.6 is 0 Å². The SMILES string of the molecule is COc1cc(/C=C/C(=O)CC(=O)/C=C/c2ccc(O)c(OC)c2)ccc1O.[Ag]. The Morgan fingerprint density at radius 3 is 1.57 bits per heavy atom. The van der Waals surface area contributed by atoms with E-state index in [1.54, 1.807) is 36.4 Å². The summed E-state index contributed by atoms with van der Waals surface area (Å²) in [5.74, 6) is -0.0832. The minimum atomic E-state index is -0.347. The molecule has 0 saturated heterocycles. The molecule has 151 valence electrons. The smallest absolute Gasteiger partial charge is 0.163 e. The third-order valence-electron chi connectivity index (χ3n) is 3.68. The second kappa shape index (κ2) is 11.1. The topological polar surface area (TPSA) is 93.1 Å². The Morgan fingerprint density at radius 2 is 1.21 bits per heavy atom. The van der Waals surface area contributed by atoms with E-state index in [2.05, 4.69) is 0 Å². The van der Waals surface area contributed by atoms with Gasteiger partial charge in [-0.15, -0.1) is 0 Å². The number of carbonyl (C=O) groups is 2. The van der Waals surface area contributed by atoms with Crippen LogP contribution in [-0.2, 0) is 32.0 Å². The maximum absolute atomic E-state index is 11.9. The van der Waals surface area contributed by atoms with Gasteiger partial charge < -0.3 is 19.7 Å². The number of phenolic OH excluding ortho intramolecular Hbond substituents is 2. The first-order valence-electron chi connectivity index (χ1n) is 8.08. The van der Waals surface area contributed by atoms with Crippen molar-refractivity contribution in [3.8, 4) is 23.0 Å². The van der Waals surface area contributed by atoms with E-state index >= 15 is 0 Å². The van der Waals surface area contributed by atoms with Crippen LogP contribution in [0.3, 0.4) is 0 Å². The number of hydrogen-bond donors (Lipinski definition) is 2. The minimum absolute atomic E-state index is 0. The van der Waals surface area contributed by atoms with Gasteiger partial charge in [0.05, 0.1) is 20.6 Å². The van der Waals surface area contributed by atoms with Crippen LogP contribution < -0.4 is 9.47 Å². The number of phenols is 2. The molecule has 0 heterocycles. The number of allylic oxidation sites excluding steroid dienone is 2. The Hall–Kier alpha value is -2.80. The first-order chi connectivity index (χ1) is 12.9. The van der Waals surface area contributed by atoms with E-state index in [0.717, 1.165) is 0 Å². The molecule has 6 nitrogen and oxygen atoms in total. The summed E-state index contributed by atoms with van der Waals surface area (Å²) in [5.41, 5.74) is 1.33. The van der Waals surface area contributed by atoms with E-state index in [4.69, 9.17) is 9.47 Å². The Labute approximate surface area is 178 Å². The monoisotopic (exact) mass is 475 g/mol. The van der Waals surface area contributed by atoms with E-state index in [-0.39, 0.29) is 51.9 Å². The molecule has 2 rings (SSSR count). The van der Waals surface area contributed by atoms with E-state index in [1.807, 2.05) is 0 Å². The molecular weight excluding hydrogens is 456 g/mol. The van der Waals surface area contributed by atoms with Crippen molar-refractivity contribution in [2.45, 2.75) is 6.42 Å². The predicted molar refractivity (Wildman–Crippen MR) is 102 cm³/mol. The maximum Gasteiger partial charge on any atom is 0.163 e. The van der Waals surface area contributed by atoms with Crippen LogP contribution in [0, 0.1) is 0 Å². The van der Waals surface area contributed by atoms with Gasteiger partial charge in [-0.3, -0.25) is 9.59 Å². The van der Waals surface area contributed by atoms with Crippen LogP contribution in [0.5, 0.6) is 23.0 Å². The van der Waals surface area contributed by atoms with E-state index < -0.39 is 0 Å². The van der Waals surface area contributed by atoms with Gasteiger partial charge in [-0.25, -0.2) is 0 Å². The largest absolute Gasteiger partial charge is 0.504 e. The second-order valence-electron chi connectivity index (χ2n) is 5.64. The van der Waals surface area contributed by atoms with Crippen LogP contribution in [0.15, 0.2) is 48.6 Å². The van der Waals surface area contributed by atoms with Gasteiger partial charge >= 0.3 is 0 Å². The fraction of sp³-hybridized carbons (Fsp3) is 0.143. The Kier molecular flexibility index (Phi) is 9.24. The molecule has 0 aromatic heterocycles. The first-order valence-corrected chi connectivity index (χ1v) is 8.08. The van der Waals surface area contributed by atoms with Crippen molar-refractivity contribution in [1.82, 2.24) is 0 Å². The molecule has 0 unspecified atom stereocenters.